The first-order chi connectivity index (χ1) is 18.5. The number of piperidine rings is 1. The first kappa shape index (κ1) is 25.3. The van der Waals surface area contributed by atoms with Gasteiger partial charge in [0.2, 0.25) is 0 Å². The van der Waals surface area contributed by atoms with Gasteiger partial charge in [0.1, 0.15) is 11.4 Å². The zero-order valence-corrected chi connectivity index (χ0v) is 23.5. The zero-order valence-electron chi connectivity index (χ0n) is 21.2. The molecule has 0 aliphatic carbocycles. The number of nitrogens with zero attached hydrogens (tertiary/aromatic N) is 5. The number of rotatable bonds is 6. The summed E-state index contributed by atoms with van der Waals surface area (Å²) in [6.45, 7) is 7.29. The van der Waals surface area contributed by atoms with E-state index in [0.717, 1.165) is 60.1 Å². The van der Waals surface area contributed by atoms with Gasteiger partial charge < -0.3 is 4.52 Å². The van der Waals surface area contributed by atoms with E-state index >= 15 is 0 Å². The molecule has 6 rings (SSSR count). The molecule has 0 bridgehead atoms. The molecule has 9 heteroatoms. The maximum atomic E-state index is 6.17. The number of hydrogen-bond donors (Lipinski definition) is 0. The van der Waals surface area contributed by atoms with Crippen molar-refractivity contribution in [2.45, 2.75) is 39.2 Å². The largest absolute Gasteiger partial charge is 0.354 e. The first-order valence-corrected chi connectivity index (χ1v) is 14.3. The molecule has 0 spiro atoms. The molecule has 0 radical (unpaired) electrons. The topological polar surface area (TPSA) is 60.0 Å². The lowest BCUT2D eigenvalue weighted by Gasteiger charge is -2.31. The summed E-state index contributed by atoms with van der Waals surface area (Å²) in [6.07, 6.45) is 2.17. The Labute approximate surface area is 235 Å². The Hall–Kier alpha value is -2.97. The molecule has 1 aliphatic rings. The van der Waals surface area contributed by atoms with Gasteiger partial charge in [0, 0.05) is 40.7 Å². The summed E-state index contributed by atoms with van der Waals surface area (Å²) in [6, 6.07) is 17.7. The van der Waals surface area contributed by atoms with Crippen molar-refractivity contribution in [2.24, 2.45) is 0 Å². The van der Waals surface area contributed by atoms with Crippen LogP contribution in [0.1, 0.15) is 40.7 Å². The van der Waals surface area contributed by atoms with Crippen LogP contribution in [-0.4, -0.2) is 37.9 Å². The maximum absolute atomic E-state index is 6.17. The molecule has 1 fully saturated rings. The number of likely N-dealkylation sites (tertiary alicyclic amines) is 1. The molecular weight excluding hydrogens is 537 g/mol. The van der Waals surface area contributed by atoms with Crippen LogP contribution in [0.25, 0.3) is 28.4 Å². The Morgan fingerprint density at radius 2 is 1.76 bits per heavy atom. The Kier molecular flexibility index (Phi) is 7.10. The Morgan fingerprint density at radius 3 is 2.53 bits per heavy atom. The SMILES string of the molecule is Cc1nn(-c2ccccc2)c(C)c1CN1CCC(c2nc(-c3cc(-c4ccc(Cl)c(Cl)c4)no3)cs2)CC1. The lowest BCUT2D eigenvalue weighted by atomic mass is 9.97. The molecule has 0 amide bonds. The molecule has 38 heavy (non-hydrogen) atoms. The van der Waals surface area contributed by atoms with Crippen LogP contribution < -0.4 is 0 Å². The van der Waals surface area contributed by atoms with Crippen molar-refractivity contribution in [3.63, 3.8) is 0 Å². The summed E-state index contributed by atoms with van der Waals surface area (Å²) < 4.78 is 7.68. The average molecular weight is 565 g/mol. The fraction of sp³-hybridized carbons (Fsp3) is 0.276. The number of para-hydroxylation sites is 1. The molecule has 0 unspecified atom stereocenters. The highest BCUT2D eigenvalue weighted by atomic mass is 35.5. The number of thiazole rings is 1. The van der Waals surface area contributed by atoms with Crippen molar-refractivity contribution in [1.29, 1.82) is 0 Å². The van der Waals surface area contributed by atoms with Gasteiger partial charge in [-0.2, -0.15) is 5.10 Å². The molecule has 2 aromatic carbocycles. The van der Waals surface area contributed by atoms with E-state index in [1.54, 1.807) is 23.5 Å². The molecular formula is C29H27Cl2N5OS. The van der Waals surface area contributed by atoms with Crippen LogP contribution in [0.15, 0.2) is 64.5 Å². The number of hydrogen-bond acceptors (Lipinski definition) is 6. The van der Waals surface area contributed by atoms with Crippen LogP contribution in [0.2, 0.25) is 10.0 Å². The second-order valence-corrected chi connectivity index (χ2v) is 11.4. The molecule has 4 heterocycles. The van der Waals surface area contributed by atoms with E-state index in [4.69, 9.17) is 37.8 Å². The number of aromatic nitrogens is 4. The van der Waals surface area contributed by atoms with E-state index in [2.05, 4.69) is 58.2 Å². The molecule has 0 saturated carbocycles. The van der Waals surface area contributed by atoms with Crippen LogP contribution >= 0.6 is 34.5 Å². The summed E-state index contributed by atoms with van der Waals surface area (Å²) in [5.41, 5.74) is 7.14. The summed E-state index contributed by atoms with van der Waals surface area (Å²) in [5, 5.41) is 13.3. The molecule has 0 atom stereocenters. The van der Waals surface area contributed by atoms with E-state index in [1.165, 1.54) is 11.3 Å². The minimum atomic E-state index is 0.455. The second-order valence-electron chi connectivity index (χ2n) is 9.72. The fourth-order valence-electron chi connectivity index (χ4n) is 5.06. The van der Waals surface area contributed by atoms with Crippen molar-refractivity contribution in [2.75, 3.05) is 13.1 Å². The van der Waals surface area contributed by atoms with Gasteiger partial charge in [0.05, 0.1) is 26.4 Å². The van der Waals surface area contributed by atoms with E-state index in [1.807, 2.05) is 18.2 Å². The molecule has 6 nitrogen and oxygen atoms in total. The maximum Gasteiger partial charge on any atom is 0.186 e. The number of benzene rings is 2. The minimum absolute atomic E-state index is 0.455. The van der Waals surface area contributed by atoms with Gasteiger partial charge in [-0.05, 0) is 64.0 Å². The Bertz CT molecular complexity index is 1570. The predicted octanol–water partition coefficient (Wildman–Crippen LogP) is 7.95. The van der Waals surface area contributed by atoms with Gasteiger partial charge >= 0.3 is 0 Å². The minimum Gasteiger partial charge on any atom is -0.354 e. The van der Waals surface area contributed by atoms with Gasteiger partial charge in [-0.15, -0.1) is 11.3 Å². The third kappa shape index (κ3) is 5.04. The highest BCUT2D eigenvalue weighted by Gasteiger charge is 2.25. The van der Waals surface area contributed by atoms with Gasteiger partial charge in [0.15, 0.2) is 5.76 Å². The normalized spacial score (nSPS) is 14.8. The molecule has 1 saturated heterocycles. The summed E-state index contributed by atoms with van der Waals surface area (Å²) in [5.74, 6) is 1.11. The van der Waals surface area contributed by atoms with Gasteiger partial charge in [0.25, 0.3) is 0 Å². The second kappa shape index (κ2) is 10.7. The predicted molar refractivity (Wildman–Crippen MR) is 153 cm³/mol. The summed E-state index contributed by atoms with van der Waals surface area (Å²) >= 11 is 13.9. The monoisotopic (exact) mass is 563 g/mol. The van der Waals surface area contributed by atoms with Crippen LogP contribution in [-0.2, 0) is 6.54 Å². The van der Waals surface area contributed by atoms with Gasteiger partial charge in [-0.1, -0.05) is 52.6 Å². The van der Waals surface area contributed by atoms with Crippen molar-refractivity contribution < 1.29 is 4.52 Å². The van der Waals surface area contributed by atoms with Crippen molar-refractivity contribution >= 4 is 34.5 Å². The Morgan fingerprint density at radius 1 is 0.974 bits per heavy atom. The molecule has 5 aromatic rings. The van der Waals surface area contributed by atoms with Crippen molar-refractivity contribution in [3.8, 4) is 28.4 Å². The van der Waals surface area contributed by atoms with E-state index in [9.17, 15) is 0 Å². The third-order valence-electron chi connectivity index (χ3n) is 7.26. The van der Waals surface area contributed by atoms with Crippen LogP contribution in [0, 0.1) is 13.8 Å². The van der Waals surface area contributed by atoms with Crippen LogP contribution in [0.5, 0.6) is 0 Å². The van der Waals surface area contributed by atoms with Gasteiger partial charge in [-0.25, -0.2) is 9.67 Å². The number of aryl methyl sites for hydroxylation is 1. The number of halogens is 2. The van der Waals surface area contributed by atoms with E-state index < -0.39 is 0 Å². The molecule has 3 aromatic heterocycles. The van der Waals surface area contributed by atoms with E-state index in [0.29, 0.717) is 27.4 Å². The molecule has 1 aliphatic heterocycles. The van der Waals surface area contributed by atoms with Crippen molar-refractivity contribution in [1.82, 2.24) is 24.8 Å². The van der Waals surface area contributed by atoms with E-state index in [-0.39, 0.29) is 0 Å². The van der Waals surface area contributed by atoms with Crippen molar-refractivity contribution in [3.05, 3.63) is 92.0 Å². The quantitative estimate of drug-likeness (QED) is 0.210. The van der Waals surface area contributed by atoms with Crippen LogP contribution in [0.4, 0.5) is 0 Å². The fourth-order valence-corrected chi connectivity index (χ4v) is 6.34. The Balaban J connectivity index is 1.10. The lowest BCUT2D eigenvalue weighted by molar-refractivity contribution is 0.204. The highest BCUT2D eigenvalue weighted by Crippen LogP contribution is 2.35. The highest BCUT2D eigenvalue weighted by molar-refractivity contribution is 7.10. The lowest BCUT2D eigenvalue weighted by Crippen LogP contribution is -2.32. The standard InChI is InChI=1S/C29H27Cl2N5OS/c1-18-23(19(2)36(33-18)22-6-4-3-5-7-22)16-35-12-10-20(11-13-35)29-32-27(17-38-29)28-15-26(34-37-28)21-8-9-24(30)25(31)14-21/h3-9,14-15,17,20H,10-13,16H2,1-2H3. The average Bonchev–Trinajstić information content (AvgIpc) is 3.68. The van der Waals surface area contributed by atoms with Gasteiger partial charge in [-0.3, -0.25) is 4.90 Å². The molecule has 194 valence electrons. The smallest absolute Gasteiger partial charge is 0.186 e. The summed E-state index contributed by atoms with van der Waals surface area (Å²) in [4.78, 5) is 7.46. The molecule has 0 N–H and O–H groups in total. The first-order valence-electron chi connectivity index (χ1n) is 12.7. The zero-order chi connectivity index (χ0) is 26.2. The third-order valence-corrected chi connectivity index (χ3v) is 9.01. The van der Waals surface area contributed by atoms with Crippen LogP contribution in [0.3, 0.4) is 0 Å². The summed E-state index contributed by atoms with van der Waals surface area (Å²) in [7, 11) is 0.